The minimum Gasteiger partial charge on any atom is -0.364 e. The van der Waals surface area contributed by atoms with Crippen LogP contribution in [0.3, 0.4) is 0 Å². The van der Waals surface area contributed by atoms with E-state index in [-0.39, 0.29) is 0 Å². The molecule has 2 N–H and O–H groups in total. The zero-order valence-corrected chi connectivity index (χ0v) is 9.27. The van der Waals surface area contributed by atoms with Crippen molar-refractivity contribution >= 4 is 23.0 Å². The first-order valence-electron chi connectivity index (χ1n) is 4.59. The molecule has 0 aromatic heterocycles. The molecular weight excluding hydrogens is 194 g/mol. The average molecular weight is 209 g/mol. The lowest BCUT2D eigenvalue weighted by atomic mass is 10.3. The predicted molar refractivity (Wildman–Crippen MR) is 64.1 cm³/mol. The topological polar surface area (TPSA) is 27.3 Å². The van der Waals surface area contributed by atoms with Gasteiger partial charge in [-0.15, -0.1) is 0 Å². The van der Waals surface area contributed by atoms with Crippen LogP contribution in [0.5, 0.6) is 0 Å². The minimum absolute atomic E-state index is 0.691. The fourth-order valence-corrected chi connectivity index (χ4v) is 1.25. The maximum absolute atomic E-state index is 5.13. The Morgan fingerprint density at radius 3 is 2.50 bits per heavy atom. The van der Waals surface area contributed by atoms with Crippen LogP contribution in [0.1, 0.15) is 6.92 Å². The summed E-state index contributed by atoms with van der Waals surface area (Å²) in [7, 11) is 1.82. The lowest BCUT2D eigenvalue weighted by Gasteiger charge is -2.24. The first-order valence-corrected chi connectivity index (χ1v) is 4.99. The van der Waals surface area contributed by atoms with Crippen molar-refractivity contribution in [2.45, 2.75) is 6.92 Å². The van der Waals surface area contributed by atoms with Crippen LogP contribution >= 0.6 is 12.2 Å². The van der Waals surface area contributed by atoms with Gasteiger partial charge in [0.1, 0.15) is 0 Å². The van der Waals surface area contributed by atoms with E-state index in [9.17, 15) is 0 Å². The van der Waals surface area contributed by atoms with Crippen LogP contribution in [0, 0.1) is 0 Å². The number of benzene rings is 1. The molecule has 0 unspecified atom stereocenters. The summed E-state index contributed by atoms with van der Waals surface area (Å²) >= 11 is 5.13. The number of hydrogen-bond acceptors (Lipinski definition) is 2. The lowest BCUT2D eigenvalue weighted by Crippen LogP contribution is -2.41. The molecule has 3 nitrogen and oxygen atoms in total. The van der Waals surface area contributed by atoms with Crippen LogP contribution in [-0.4, -0.2) is 23.7 Å². The Kier molecular flexibility index (Phi) is 4.19. The molecule has 14 heavy (non-hydrogen) atoms. The van der Waals surface area contributed by atoms with E-state index in [1.807, 2.05) is 49.3 Å². The standard InChI is InChI=1S/C10H15N3S/c1-3-13(10(14)11-2)12-9-7-5-4-6-8-9/h4-8,12H,3H2,1-2H3,(H,11,14). The third-order valence-electron chi connectivity index (χ3n) is 1.81. The Morgan fingerprint density at radius 1 is 1.36 bits per heavy atom. The normalized spacial score (nSPS) is 9.29. The largest absolute Gasteiger partial charge is 0.364 e. The second-order valence-corrected chi connectivity index (χ2v) is 3.16. The third kappa shape index (κ3) is 2.88. The Labute approximate surface area is 90.1 Å². The van der Waals surface area contributed by atoms with E-state index in [0.29, 0.717) is 5.11 Å². The number of hydrogen-bond donors (Lipinski definition) is 2. The molecule has 0 fully saturated rings. The molecule has 0 amide bonds. The highest BCUT2D eigenvalue weighted by atomic mass is 32.1. The van der Waals surface area contributed by atoms with E-state index < -0.39 is 0 Å². The van der Waals surface area contributed by atoms with E-state index in [4.69, 9.17) is 12.2 Å². The Morgan fingerprint density at radius 2 is 2.00 bits per heavy atom. The maximum Gasteiger partial charge on any atom is 0.187 e. The van der Waals surface area contributed by atoms with Crippen LogP contribution in [-0.2, 0) is 0 Å². The fourth-order valence-electron chi connectivity index (χ4n) is 1.08. The predicted octanol–water partition coefficient (Wildman–Crippen LogP) is 1.84. The SMILES string of the molecule is CCN(Nc1ccccc1)C(=S)NC. The summed E-state index contributed by atoms with van der Waals surface area (Å²) in [6.45, 7) is 2.86. The Hall–Kier alpha value is -1.29. The monoisotopic (exact) mass is 209 g/mol. The summed E-state index contributed by atoms with van der Waals surface area (Å²) < 4.78 is 0. The van der Waals surface area contributed by atoms with Crippen LogP contribution in [0.4, 0.5) is 5.69 Å². The van der Waals surface area contributed by atoms with Crippen LogP contribution < -0.4 is 10.7 Å². The Bertz CT molecular complexity index is 287. The maximum atomic E-state index is 5.13. The number of para-hydroxylation sites is 1. The third-order valence-corrected chi connectivity index (χ3v) is 2.24. The molecule has 0 atom stereocenters. The number of anilines is 1. The second-order valence-electron chi connectivity index (χ2n) is 2.78. The highest BCUT2D eigenvalue weighted by Crippen LogP contribution is 2.06. The van der Waals surface area contributed by atoms with Gasteiger partial charge in [0, 0.05) is 13.6 Å². The zero-order valence-electron chi connectivity index (χ0n) is 8.45. The molecule has 4 heteroatoms. The molecule has 0 saturated heterocycles. The van der Waals surface area contributed by atoms with E-state index in [2.05, 4.69) is 10.7 Å². The van der Waals surface area contributed by atoms with E-state index >= 15 is 0 Å². The highest BCUT2D eigenvalue weighted by Gasteiger charge is 2.03. The fraction of sp³-hybridized carbons (Fsp3) is 0.300. The molecule has 0 aliphatic heterocycles. The molecule has 76 valence electrons. The van der Waals surface area contributed by atoms with Crippen molar-refractivity contribution in [3.8, 4) is 0 Å². The van der Waals surface area contributed by atoms with Gasteiger partial charge < -0.3 is 5.32 Å². The van der Waals surface area contributed by atoms with Gasteiger partial charge >= 0.3 is 0 Å². The van der Waals surface area contributed by atoms with Crippen molar-refractivity contribution in [1.82, 2.24) is 10.3 Å². The molecule has 0 saturated carbocycles. The van der Waals surface area contributed by atoms with Gasteiger partial charge in [-0.05, 0) is 31.3 Å². The molecule has 1 aromatic rings. The summed E-state index contributed by atoms with van der Waals surface area (Å²) in [4.78, 5) is 0. The summed E-state index contributed by atoms with van der Waals surface area (Å²) in [6, 6.07) is 9.96. The quantitative estimate of drug-likeness (QED) is 0.587. The second kappa shape index (κ2) is 5.44. The van der Waals surface area contributed by atoms with Crippen molar-refractivity contribution in [3.63, 3.8) is 0 Å². The minimum atomic E-state index is 0.691. The zero-order chi connectivity index (χ0) is 10.4. The molecule has 0 radical (unpaired) electrons. The number of thiocarbonyl (C=S) groups is 1. The molecule has 1 aromatic carbocycles. The first kappa shape index (κ1) is 10.8. The van der Waals surface area contributed by atoms with Crippen molar-refractivity contribution in [3.05, 3.63) is 30.3 Å². The van der Waals surface area contributed by atoms with Gasteiger partial charge in [0.25, 0.3) is 0 Å². The van der Waals surface area contributed by atoms with E-state index in [1.165, 1.54) is 0 Å². The molecule has 0 aliphatic carbocycles. The van der Waals surface area contributed by atoms with Gasteiger partial charge in [0.15, 0.2) is 5.11 Å². The van der Waals surface area contributed by atoms with Crippen LogP contribution in [0.15, 0.2) is 30.3 Å². The number of nitrogens with zero attached hydrogens (tertiary/aromatic N) is 1. The molecule has 0 aliphatic rings. The average Bonchev–Trinajstić information content (AvgIpc) is 2.26. The molecular formula is C10H15N3S. The van der Waals surface area contributed by atoms with Crippen LogP contribution in [0.2, 0.25) is 0 Å². The lowest BCUT2D eigenvalue weighted by molar-refractivity contribution is 0.519. The van der Waals surface area contributed by atoms with Crippen molar-refractivity contribution in [2.75, 3.05) is 19.0 Å². The summed E-state index contributed by atoms with van der Waals surface area (Å²) in [6.07, 6.45) is 0. The molecule has 1 rings (SSSR count). The number of rotatable bonds is 3. The van der Waals surface area contributed by atoms with Crippen molar-refractivity contribution < 1.29 is 0 Å². The van der Waals surface area contributed by atoms with Crippen molar-refractivity contribution in [2.24, 2.45) is 0 Å². The van der Waals surface area contributed by atoms with Gasteiger partial charge in [-0.2, -0.15) is 0 Å². The Balaban J connectivity index is 2.62. The number of hydrazine groups is 1. The van der Waals surface area contributed by atoms with Gasteiger partial charge in [-0.3, -0.25) is 10.4 Å². The smallest absolute Gasteiger partial charge is 0.187 e. The van der Waals surface area contributed by atoms with E-state index in [1.54, 1.807) is 0 Å². The summed E-state index contributed by atoms with van der Waals surface area (Å²) in [5, 5.41) is 5.50. The first-order chi connectivity index (χ1) is 6.77. The molecule has 0 bridgehead atoms. The van der Waals surface area contributed by atoms with Gasteiger partial charge in [0.2, 0.25) is 0 Å². The summed E-state index contributed by atoms with van der Waals surface area (Å²) in [5.74, 6) is 0. The van der Waals surface area contributed by atoms with Crippen molar-refractivity contribution in [1.29, 1.82) is 0 Å². The van der Waals surface area contributed by atoms with Gasteiger partial charge in [0.05, 0.1) is 5.69 Å². The highest BCUT2D eigenvalue weighted by molar-refractivity contribution is 7.80. The molecule has 0 spiro atoms. The van der Waals surface area contributed by atoms with Gasteiger partial charge in [-0.25, -0.2) is 0 Å². The molecule has 0 heterocycles. The van der Waals surface area contributed by atoms with Gasteiger partial charge in [-0.1, -0.05) is 18.2 Å². The summed E-state index contributed by atoms with van der Waals surface area (Å²) in [5.41, 5.74) is 4.24. The van der Waals surface area contributed by atoms with E-state index in [0.717, 1.165) is 12.2 Å². The number of nitrogens with one attached hydrogen (secondary N) is 2. The van der Waals surface area contributed by atoms with Crippen LogP contribution in [0.25, 0.3) is 0 Å².